The fourth-order valence-corrected chi connectivity index (χ4v) is 0. The van der Waals surface area contributed by atoms with E-state index in [0.29, 0.717) is 12.2 Å². The summed E-state index contributed by atoms with van der Waals surface area (Å²) in [4.78, 5) is 16.5. The van der Waals surface area contributed by atoms with Crippen LogP contribution in [0.2, 0.25) is 0 Å². The molecule has 0 radical (unpaired) electrons. The van der Waals surface area contributed by atoms with E-state index in [0.717, 1.165) is 0 Å². The Hall–Kier alpha value is -0.578. The van der Waals surface area contributed by atoms with Gasteiger partial charge in [-0.25, -0.2) is 0 Å². The molecule has 0 aromatic rings. The van der Waals surface area contributed by atoms with Crippen molar-refractivity contribution in [2.45, 2.75) is 0 Å². The Labute approximate surface area is 53.6 Å². The molecule has 0 N–H and O–H groups in total. The van der Waals surface area contributed by atoms with Gasteiger partial charge in [-0.15, -0.1) is 0 Å². The van der Waals surface area contributed by atoms with Crippen molar-refractivity contribution in [2.24, 2.45) is 0 Å². The second-order valence-electron chi connectivity index (χ2n) is 0.183. The Balaban J connectivity index is -0.0000000400. The molecule has 5 heteroatoms. The monoisotopic (exact) mass is 190 g/mol. The maximum atomic E-state index is 8.24. The van der Waals surface area contributed by atoms with Crippen LogP contribution >= 0.6 is 0 Å². The van der Waals surface area contributed by atoms with Gasteiger partial charge in [0.25, 0.3) is 0 Å². The third kappa shape index (κ3) is 190. The SMILES string of the molecule is [N-]=C=O.[N-]=C=O.[Pd+2]. The molecule has 0 unspecified atom stereocenters. The molecule has 7 heavy (non-hydrogen) atoms. The fourth-order valence-electron chi connectivity index (χ4n) is 0. The van der Waals surface area contributed by atoms with Crippen LogP contribution in [0.3, 0.4) is 0 Å². The van der Waals surface area contributed by atoms with Gasteiger partial charge in [-0.2, -0.15) is 0 Å². The van der Waals surface area contributed by atoms with Gasteiger partial charge in [0.1, 0.15) is 0 Å². The normalized spacial score (nSPS) is 2.29. The van der Waals surface area contributed by atoms with E-state index in [-0.39, 0.29) is 20.4 Å². The molecule has 0 aromatic carbocycles. The van der Waals surface area contributed by atoms with E-state index in [9.17, 15) is 0 Å². The first-order chi connectivity index (χ1) is 2.83. The van der Waals surface area contributed by atoms with E-state index in [4.69, 9.17) is 20.4 Å². The molecule has 0 rings (SSSR count). The van der Waals surface area contributed by atoms with Crippen molar-refractivity contribution < 1.29 is 30.0 Å². The second kappa shape index (κ2) is 52.4. The van der Waals surface area contributed by atoms with Crippen molar-refractivity contribution in [3.8, 4) is 0 Å². The maximum absolute atomic E-state index is 8.24. The molecule has 0 aliphatic rings. The van der Waals surface area contributed by atoms with E-state index < -0.39 is 0 Å². The maximum Gasteiger partial charge on any atom is 2.00 e. The van der Waals surface area contributed by atoms with Crippen LogP contribution in [0, 0.1) is 0 Å². The quantitative estimate of drug-likeness (QED) is 0.301. The summed E-state index contributed by atoms with van der Waals surface area (Å²) < 4.78 is 0. The van der Waals surface area contributed by atoms with Gasteiger partial charge in [-0.1, -0.05) is 0 Å². The standard InChI is InChI=1S/2CNO.Pd/c2*2-1-3;/q2*-1;+2. The molecule has 40 valence electrons. The minimum Gasteiger partial charge on any atom is -0.724 e. The second-order valence-corrected chi connectivity index (χ2v) is 0.183. The number of nitrogens with zero attached hydrogens (tertiary/aromatic N) is 2. The van der Waals surface area contributed by atoms with E-state index in [1.807, 2.05) is 0 Å². The molecule has 0 bridgehead atoms. The largest absolute Gasteiger partial charge is 2.00 e. The molecule has 0 amide bonds. The molecule has 4 nitrogen and oxygen atoms in total. The number of hydrogen-bond donors (Lipinski definition) is 0. The van der Waals surface area contributed by atoms with E-state index in [1.165, 1.54) is 0 Å². The van der Waals surface area contributed by atoms with E-state index in [2.05, 4.69) is 0 Å². The molecule has 0 saturated heterocycles. The number of rotatable bonds is 0. The average Bonchev–Trinajstić information content (AvgIpc) is 1.39. The topological polar surface area (TPSA) is 78.7 Å². The van der Waals surface area contributed by atoms with Gasteiger partial charge >= 0.3 is 20.4 Å². The molecule has 0 saturated carbocycles. The number of isocyanates is 2. The van der Waals surface area contributed by atoms with Gasteiger partial charge in [0.05, 0.1) is 0 Å². The molecule has 0 aromatic heterocycles. The van der Waals surface area contributed by atoms with Crippen LogP contribution in [0.5, 0.6) is 0 Å². The predicted molar refractivity (Wildman–Crippen MR) is 18.1 cm³/mol. The predicted octanol–water partition coefficient (Wildman–Crippen LogP) is -0.219. The summed E-state index contributed by atoms with van der Waals surface area (Å²) in [6, 6.07) is 0. The van der Waals surface area contributed by atoms with Gasteiger partial charge in [-0.05, 0) is 12.2 Å². The average molecular weight is 190 g/mol. The smallest absolute Gasteiger partial charge is 0.724 e. The first-order valence-electron chi connectivity index (χ1n) is 0.855. The summed E-state index contributed by atoms with van der Waals surface area (Å²) in [5.41, 5.74) is 0. The minimum atomic E-state index is 0. The Morgan fingerprint density at radius 3 is 1.00 bits per heavy atom. The summed E-state index contributed by atoms with van der Waals surface area (Å²) in [5.74, 6) is 0. The number of hydrogen-bond acceptors (Lipinski definition) is 2. The Bertz CT molecular complexity index is 67.7. The van der Waals surface area contributed by atoms with Gasteiger partial charge in [0, 0.05) is 0 Å². The van der Waals surface area contributed by atoms with Gasteiger partial charge in [-0.3, -0.25) is 9.59 Å². The van der Waals surface area contributed by atoms with Crippen molar-refractivity contribution in [3.63, 3.8) is 0 Å². The van der Waals surface area contributed by atoms with Crippen LogP contribution in [-0.4, -0.2) is 12.2 Å². The van der Waals surface area contributed by atoms with Crippen LogP contribution in [-0.2, 0) is 30.0 Å². The molecule has 0 spiro atoms. The van der Waals surface area contributed by atoms with Gasteiger partial charge in [0.2, 0.25) is 0 Å². The molecule has 0 aliphatic heterocycles. The molecule has 0 heterocycles. The summed E-state index contributed by atoms with van der Waals surface area (Å²) in [7, 11) is 0. The van der Waals surface area contributed by atoms with Gasteiger partial charge in [0.15, 0.2) is 0 Å². The molecule has 0 aliphatic carbocycles. The molecular formula is C2N2O2Pd. The zero-order valence-electron chi connectivity index (χ0n) is 3.03. The minimum absolute atomic E-state index is 0. The zero-order chi connectivity index (χ0) is 5.41. The third-order valence-electron chi connectivity index (χ3n) is 0. The Morgan fingerprint density at radius 2 is 1.00 bits per heavy atom. The fraction of sp³-hybridized carbons (Fsp3) is 0. The first-order valence-corrected chi connectivity index (χ1v) is 0.855. The summed E-state index contributed by atoms with van der Waals surface area (Å²) in [6.45, 7) is 0. The van der Waals surface area contributed by atoms with Crippen molar-refractivity contribution in [3.05, 3.63) is 10.8 Å². The van der Waals surface area contributed by atoms with Crippen LogP contribution < -0.4 is 0 Å². The number of carbonyl (C=O) groups excluding carboxylic acids is 2. The van der Waals surface area contributed by atoms with E-state index >= 15 is 0 Å². The van der Waals surface area contributed by atoms with Crippen molar-refractivity contribution in [2.75, 3.05) is 0 Å². The van der Waals surface area contributed by atoms with E-state index in [1.54, 1.807) is 0 Å². The summed E-state index contributed by atoms with van der Waals surface area (Å²) in [6.07, 6.45) is 1.00. The Morgan fingerprint density at radius 1 is 1.00 bits per heavy atom. The van der Waals surface area contributed by atoms with Crippen molar-refractivity contribution in [1.82, 2.24) is 0 Å². The van der Waals surface area contributed by atoms with Crippen LogP contribution in [0.15, 0.2) is 0 Å². The molecular weight excluding hydrogens is 190 g/mol. The third-order valence-corrected chi connectivity index (χ3v) is 0. The van der Waals surface area contributed by atoms with Crippen molar-refractivity contribution in [1.29, 1.82) is 0 Å². The molecule has 0 atom stereocenters. The van der Waals surface area contributed by atoms with Gasteiger partial charge < -0.3 is 10.8 Å². The van der Waals surface area contributed by atoms with Crippen LogP contribution in [0.1, 0.15) is 0 Å². The summed E-state index contributed by atoms with van der Waals surface area (Å²) in [5, 5.41) is 13.5. The van der Waals surface area contributed by atoms with Crippen LogP contribution in [0.4, 0.5) is 0 Å². The zero-order valence-corrected chi connectivity index (χ0v) is 4.58. The first kappa shape index (κ1) is 16.1. The van der Waals surface area contributed by atoms with Crippen LogP contribution in [0.25, 0.3) is 10.8 Å². The summed E-state index contributed by atoms with van der Waals surface area (Å²) >= 11 is 0. The van der Waals surface area contributed by atoms with Crippen molar-refractivity contribution >= 4 is 12.2 Å². The molecule has 0 fully saturated rings. The Kier molecular flexibility index (Phi) is 121.